The van der Waals surface area contributed by atoms with Crippen LogP contribution >= 0.6 is 0 Å². The van der Waals surface area contributed by atoms with E-state index in [4.69, 9.17) is 4.74 Å². The summed E-state index contributed by atoms with van der Waals surface area (Å²) in [6, 6.07) is 6.09. The molecule has 2 aliphatic heterocycles. The zero-order valence-corrected chi connectivity index (χ0v) is 15.0. The smallest absolute Gasteiger partial charge is 0.320 e. The van der Waals surface area contributed by atoms with E-state index >= 15 is 0 Å². The maximum absolute atomic E-state index is 12.8. The molecule has 2 aromatic rings. The Morgan fingerprint density at radius 1 is 1.12 bits per heavy atom. The van der Waals surface area contributed by atoms with Crippen LogP contribution in [0.2, 0.25) is 0 Å². The SMILES string of the molecule is O=C(N1CCOCC1)N1CCC[C@H](c2nccn2Cc2ccccn2)C1. The highest BCUT2D eigenvalue weighted by Gasteiger charge is 2.30. The summed E-state index contributed by atoms with van der Waals surface area (Å²) in [5.74, 6) is 1.32. The Morgan fingerprint density at radius 2 is 2.00 bits per heavy atom. The molecule has 26 heavy (non-hydrogen) atoms. The Balaban J connectivity index is 1.45. The van der Waals surface area contributed by atoms with Crippen molar-refractivity contribution in [2.45, 2.75) is 25.3 Å². The molecule has 2 saturated heterocycles. The number of morpholine rings is 1. The third kappa shape index (κ3) is 3.72. The first-order valence-electron chi connectivity index (χ1n) is 9.34. The van der Waals surface area contributed by atoms with Gasteiger partial charge in [-0.2, -0.15) is 0 Å². The van der Waals surface area contributed by atoms with E-state index in [-0.39, 0.29) is 11.9 Å². The third-order valence-corrected chi connectivity index (χ3v) is 5.14. The van der Waals surface area contributed by atoms with Crippen LogP contribution in [-0.2, 0) is 11.3 Å². The number of piperidine rings is 1. The van der Waals surface area contributed by atoms with Gasteiger partial charge in [0, 0.05) is 50.7 Å². The largest absolute Gasteiger partial charge is 0.378 e. The Bertz CT molecular complexity index is 727. The number of aromatic nitrogens is 3. The fraction of sp³-hybridized carbons (Fsp3) is 0.526. The summed E-state index contributed by atoms with van der Waals surface area (Å²) in [6.45, 7) is 4.92. The van der Waals surface area contributed by atoms with Crippen molar-refractivity contribution in [2.75, 3.05) is 39.4 Å². The minimum absolute atomic E-state index is 0.140. The van der Waals surface area contributed by atoms with Crippen molar-refractivity contribution in [3.05, 3.63) is 48.3 Å². The molecule has 0 N–H and O–H groups in total. The average Bonchev–Trinajstić information content (AvgIpc) is 3.17. The minimum Gasteiger partial charge on any atom is -0.378 e. The predicted molar refractivity (Wildman–Crippen MR) is 96.9 cm³/mol. The molecule has 0 unspecified atom stereocenters. The maximum Gasteiger partial charge on any atom is 0.320 e. The van der Waals surface area contributed by atoms with Crippen LogP contribution in [0.15, 0.2) is 36.8 Å². The lowest BCUT2D eigenvalue weighted by atomic mass is 9.97. The fourth-order valence-electron chi connectivity index (χ4n) is 3.80. The van der Waals surface area contributed by atoms with Crippen molar-refractivity contribution >= 4 is 6.03 Å². The van der Waals surface area contributed by atoms with Gasteiger partial charge >= 0.3 is 6.03 Å². The lowest BCUT2D eigenvalue weighted by Crippen LogP contribution is -2.50. The quantitative estimate of drug-likeness (QED) is 0.844. The first-order chi connectivity index (χ1) is 12.8. The average molecular weight is 355 g/mol. The summed E-state index contributed by atoms with van der Waals surface area (Å²) in [7, 11) is 0. The van der Waals surface area contributed by atoms with Gasteiger partial charge in [-0.05, 0) is 25.0 Å². The highest BCUT2D eigenvalue weighted by molar-refractivity contribution is 5.74. The first kappa shape index (κ1) is 17.0. The van der Waals surface area contributed by atoms with E-state index < -0.39 is 0 Å². The van der Waals surface area contributed by atoms with Crippen molar-refractivity contribution < 1.29 is 9.53 Å². The lowest BCUT2D eigenvalue weighted by molar-refractivity contribution is 0.0407. The molecule has 0 aliphatic carbocycles. The number of rotatable bonds is 3. The van der Waals surface area contributed by atoms with E-state index in [1.165, 1.54) is 0 Å². The molecule has 2 aromatic heterocycles. The second-order valence-electron chi connectivity index (χ2n) is 6.90. The molecule has 0 bridgehead atoms. The lowest BCUT2D eigenvalue weighted by Gasteiger charge is -2.37. The number of pyridine rings is 1. The van der Waals surface area contributed by atoms with Crippen molar-refractivity contribution in [3.63, 3.8) is 0 Å². The number of amides is 2. The van der Waals surface area contributed by atoms with Crippen LogP contribution in [0.3, 0.4) is 0 Å². The molecule has 7 nitrogen and oxygen atoms in total. The molecule has 4 heterocycles. The van der Waals surface area contributed by atoms with Gasteiger partial charge in [-0.1, -0.05) is 6.07 Å². The second kappa shape index (κ2) is 7.86. The van der Waals surface area contributed by atoms with E-state index in [0.717, 1.165) is 37.4 Å². The summed E-state index contributed by atoms with van der Waals surface area (Å²) in [5, 5.41) is 0. The molecule has 2 aliphatic rings. The summed E-state index contributed by atoms with van der Waals surface area (Å²) in [5.41, 5.74) is 1.02. The van der Waals surface area contributed by atoms with Gasteiger partial charge in [0.25, 0.3) is 0 Å². The van der Waals surface area contributed by atoms with Gasteiger partial charge in [0.1, 0.15) is 5.82 Å². The van der Waals surface area contributed by atoms with Gasteiger partial charge in [-0.3, -0.25) is 4.98 Å². The van der Waals surface area contributed by atoms with Gasteiger partial charge < -0.3 is 19.1 Å². The van der Waals surface area contributed by atoms with Crippen LogP contribution < -0.4 is 0 Å². The van der Waals surface area contributed by atoms with Crippen LogP contribution in [0, 0.1) is 0 Å². The Labute approximate surface area is 153 Å². The maximum atomic E-state index is 12.8. The second-order valence-corrected chi connectivity index (χ2v) is 6.90. The molecular weight excluding hydrogens is 330 g/mol. The molecule has 1 atom stereocenters. The Morgan fingerprint density at radius 3 is 2.81 bits per heavy atom. The molecule has 0 aromatic carbocycles. The van der Waals surface area contributed by atoms with Crippen LogP contribution in [0.25, 0.3) is 0 Å². The predicted octanol–water partition coefficient (Wildman–Crippen LogP) is 1.96. The standard InChI is InChI=1S/C19H25N5O2/c25-19(22-10-12-26-13-11-22)24-8-3-4-16(14-24)18-21-7-9-23(18)15-17-5-1-2-6-20-17/h1-2,5-7,9,16H,3-4,8,10-15H2/t16-/m0/s1. The monoisotopic (exact) mass is 355 g/mol. The Kier molecular flexibility index (Phi) is 5.15. The Hall–Kier alpha value is -2.41. The number of imidazole rings is 1. The van der Waals surface area contributed by atoms with E-state index in [1.807, 2.05) is 46.6 Å². The molecule has 2 amide bonds. The number of nitrogens with zero attached hydrogens (tertiary/aromatic N) is 5. The fourth-order valence-corrected chi connectivity index (χ4v) is 3.80. The number of carbonyl (C=O) groups excluding carboxylic acids is 1. The summed E-state index contributed by atoms with van der Waals surface area (Å²) < 4.78 is 7.52. The zero-order chi connectivity index (χ0) is 17.8. The molecular formula is C19H25N5O2. The van der Waals surface area contributed by atoms with Crippen LogP contribution in [0.1, 0.15) is 30.3 Å². The number of ether oxygens (including phenoxy) is 1. The van der Waals surface area contributed by atoms with Crippen molar-refractivity contribution in [1.29, 1.82) is 0 Å². The highest BCUT2D eigenvalue weighted by atomic mass is 16.5. The van der Waals surface area contributed by atoms with Crippen molar-refractivity contribution in [2.24, 2.45) is 0 Å². The summed E-state index contributed by atoms with van der Waals surface area (Å²) >= 11 is 0. The molecule has 0 saturated carbocycles. The van der Waals surface area contributed by atoms with Crippen molar-refractivity contribution in [1.82, 2.24) is 24.3 Å². The van der Waals surface area contributed by atoms with Gasteiger partial charge in [0.05, 0.1) is 25.5 Å². The van der Waals surface area contributed by atoms with Crippen molar-refractivity contribution in [3.8, 4) is 0 Å². The van der Waals surface area contributed by atoms with E-state index in [1.54, 1.807) is 0 Å². The van der Waals surface area contributed by atoms with Crippen LogP contribution in [-0.4, -0.2) is 69.8 Å². The number of hydrogen-bond acceptors (Lipinski definition) is 4. The summed E-state index contributed by atoms with van der Waals surface area (Å²) in [4.78, 5) is 25.7. The molecule has 0 spiro atoms. The number of hydrogen-bond donors (Lipinski definition) is 0. The van der Waals surface area contributed by atoms with E-state index in [2.05, 4.69) is 14.5 Å². The molecule has 0 radical (unpaired) electrons. The van der Waals surface area contributed by atoms with Crippen LogP contribution in [0.5, 0.6) is 0 Å². The molecule has 7 heteroatoms. The topological polar surface area (TPSA) is 63.5 Å². The van der Waals surface area contributed by atoms with Gasteiger partial charge in [0.2, 0.25) is 0 Å². The number of urea groups is 1. The number of likely N-dealkylation sites (tertiary alicyclic amines) is 1. The zero-order valence-electron chi connectivity index (χ0n) is 15.0. The van der Waals surface area contributed by atoms with Gasteiger partial charge in [-0.15, -0.1) is 0 Å². The molecule has 2 fully saturated rings. The number of carbonyl (C=O) groups is 1. The van der Waals surface area contributed by atoms with Gasteiger partial charge in [-0.25, -0.2) is 9.78 Å². The van der Waals surface area contributed by atoms with Crippen LogP contribution in [0.4, 0.5) is 4.79 Å². The van der Waals surface area contributed by atoms with E-state index in [9.17, 15) is 4.79 Å². The normalized spacial score (nSPS) is 21.0. The third-order valence-electron chi connectivity index (χ3n) is 5.14. The van der Waals surface area contributed by atoms with Gasteiger partial charge in [0.15, 0.2) is 0 Å². The van der Waals surface area contributed by atoms with E-state index in [0.29, 0.717) is 32.8 Å². The highest BCUT2D eigenvalue weighted by Crippen LogP contribution is 2.27. The summed E-state index contributed by atoms with van der Waals surface area (Å²) in [6.07, 6.45) is 7.74. The first-order valence-corrected chi connectivity index (χ1v) is 9.34. The minimum atomic E-state index is 0.140. The molecule has 138 valence electrons. The molecule has 4 rings (SSSR count).